The molecule has 1 aromatic rings. The minimum absolute atomic E-state index is 0.148. The Bertz CT molecular complexity index is 464. The summed E-state index contributed by atoms with van der Waals surface area (Å²) in [4.78, 5) is 12.3. The number of hydrogen-bond acceptors (Lipinski definition) is 3. The summed E-state index contributed by atoms with van der Waals surface area (Å²) in [6, 6.07) is 3.46. The van der Waals surface area contributed by atoms with Crippen molar-refractivity contribution in [1.82, 2.24) is 4.90 Å². The van der Waals surface area contributed by atoms with Gasteiger partial charge in [-0.05, 0) is 24.6 Å². The molecule has 17 heavy (non-hydrogen) atoms. The van der Waals surface area contributed by atoms with Crippen LogP contribution in [0.3, 0.4) is 0 Å². The van der Waals surface area contributed by atoms with Gasteiger partial charge in [-0.25, -0.2) is 4.39 Å². The average Bonchev–Trinajstić information content (AvgIpc) is 2.64. The fourth-order valence-electron chi connectivity index (χ4n) is 1.88. The summed E-state index contributed by atoms with van der Waals surface area (Å²) in [7, 11) is 0. The Hall–Kier alpha value is -1.17. The monoisotopic (exact) mass is 259 g/mol. The Kier molecular flexibility index (Phi) is 3.07. The highest BCUT2D eigenvalue weighted by Crippen LogP contribution is 2.30. The van der Waals surface area contributed by atoms with Crippen LogP contribution in [0.15, 0.2) is 18.2 Å². The van der Waals surface area contributed by atoms with Gasteiger partial charge in [0.05, 0.1) is 5.56 Å². The SMILES string of the molecule is O=C1CCCN1C(O)(O)c1ccc(Cl)cc1F. The Morgan fingerprint density at radius 1 is 1.41 bits per heavy atom. The van der Waals surface area contributed by atoms with Gasteiger partial charge in [0.25, 0.3) is 5.91 Å². The number of carbonyl (C=O) groups is 1. The number of benzene rings is 1. The van der Waals surface area contributed by atoms with Crippen LogP contribution in [-0.4, -0.2) is 27.6 Å². The summed E-state index contributed by atoms with van der Waals surface area (Å²) in [5.74, 6) is -3.89. The van der Waals surface area contributed by atoms with Gasteiger partial charge in [0.15, 0.2) is 0 Å². The predicted octanol–water partition coefficient (Wildman–Crippen LogP) is 1.20. The van der Waals surface area contributed by atoms with Crippen LogP contribution in [-0.2, 0) is 10.7 Å². The fraction of sp³-hybridized carbons (Fsp3) is 0.364. The second kappa shape index (κ2) is 4.25. The third-order valence-electron chi connectivity index (χ3n) is 2.74. The van der Waals surface area contributed by atoms with Gasteiger partial charge in [0.2, 0.25) is 5.91 Å². The van der Waals surface area contributed by atoms with E-state index >= 15 is 0 Å². The van der Waals surface area contributed by atoms with Crippen molar-refractivity contribution in [2.75, 3.05) is 6.54 Å². The number of likely N-dealkylation sites (tertiary alicyclic amines) is 1. The zero-order chi connectivity index (χ0) is 12.6. The summed E-state index contributed by atoms with van der Waals surface area (Å²) in [5.41, 5.74) is -0.378. The van der Waals surface area contributed by atoms with Gasteiger partial charge in [-0.3, -0.25) is 9.69 Å². The first-order valence-electron chi connectivity index (χ1n) is 5.13. The van der Waals surface area contributed by atoms with E-state index in [1.807, 2.05) is 0 Å². The van der Waals surface area contributed by atoms with Crippen LogP contribution in [0.25, 0.3) is 0 Å². The number of rotatable bonds is 2. The highest BCUT2D eigenvalue weighted by Gasteiger charge is 2.41. The molecule has 92 valence electrons. The van der Waals surface area contributed by atoms with Crippen molar-refractivity contribution in [2.24, 2.45) is 0 Å². The third-order valence-corrected chi connectivity index (χ3v) is 2.98. The molecule has 1 aliphatic rings. The van der Waals surface area contributed by atoms with Crippen molar-refractivity contribution < 1.29 is 19.4 Å². The quantitative estimate of drug-likeness (QED) is 0.785. The van der Waals surface area contributed by atoms with E-state index in [4.69, 9.17) is 11.6 Å². The number of aliphatic hydroxyl groups is 2. The van der Waals surface area contributed by atoms with E-state index in [1.54, 1.807) is 0 Å². The molecule has 2 N–H and O–H groups in total. The maximum absolute atomic E-state index is 13.6. The first-order chi connectivity index (χ1) is 7.93. The van der Waals surface area contributed by atoms with Gasteiger partial charge in [0.1, 0.15) is 5.82 Å². The second-order valence-corrected chi connectivity index (χ2v) is 4.34. The van der Waals surface area contributed by atoms with Crippen LogP contribution in [0.1, 0.15) is 18.4 Å². The second-order valence-electron chi connectivity index (χ2n) is 3.91. The third kappa shape index (κ3) is 2.13. The van der Waals surface area contributed by atoms with Gasteiger partial charge in [-0.1, -0.05) is 11.6 Å². The molecule has 0 saturated carbocycles. The van der Waals surface area contributed by atoms with Crippen LogP contribution in [0.5, 0.6) is 0 Å². The molecule has 0 aromatic heterocycles. The predicted molar refractivity (Wildman–Crippen MR) is 58.5 cm³/mol. The minimum Gasteiger partial charge on any atom is -0.345 e. The number of nitrogens with zero attached hydrogens (tertiary/aromatic N) is 1. The van der Waals surface area contributed by atoms with E-state index in [9.17, 15) is 19.4 Å². The Balaban J connectivity index is 2.40. The Labute approximate surface area is 102 Å². The molecular weight excluding hydrogens is 249 g/mol. The standard InChI is InChI=1S/C11H11ClFNO3/c12-7-3-4-8(9(13)6-7)11(16,17)14-5-1-2-10(14)15/h3-4,6,16-17H,1-2,5H2. The molecule has 0 aliphatic carbocycles. The van der Waals surface area contributed by atoms with Crippen LogP contribution < -0.4 is 0 Å². The van der Waals surface area contributed by atoms with Gasteiger partial charge >= 0.3 is 0 Å². The first-order valence-corrected chi connectivity index (χ1v) is 5.51. The lowest BCUT2D eigenvalue weighted by Gasteiger charge is -2.32. The molecular formula is C11H11ClFNO3. The van der Waals surface area contributed by atoms with E-state index in [0.717, 1.165) is 17.0 Å². The Morgan fingerprint density at radius 3 is 2.65 bits per heavy atom. The van der Waals surface area contributed by atoms with E-state index in [0.29, 0.717) is 6.42 Å². The van der Waals surface area contributed by atoms with Crippen LogP contribution in [0.4, 0.5) is 4.39 Å². The minimum atomic E-state index is -2.62. The van der Waals surface area contributed by atoms with E-state index < -0.39 is 17.6 Å². The van der Waals surface area contributed by atoms with E-state index in [2.05, 4.69) is 0 Å². The maximum Gasteiger partial charge on any atom is 0.280 e. The zero-order valence-corrected chi connectivity index (χ0v) is 9.62. The highest BCUT2D eigenvalue weighted by atomic mass is 35.5. The fourth-order valence-corrected chi connectivity index (χ4v) is 2.04. The summed E-state index contributed by atoms with van der Waals surface area (Å²) < 4.78 is 13.6. The first kappa shape index (κ1) is 12.3. The molecule has 4 nitrogen and oxygen atoms in total. The highest BCUT2D eigenvalue weighted by molar-refractivity contribution is 6.30. The molecule has 1 amide bonds. The number of hydrogen-bond donors (Lipinski definition) is 2. The maximum atomic E-state index is 13.6. The number of carbonyl (C=O) groups excluding carboxylic acids is 1. The van der Waals surface area contributed by atoms with Crippen molar-refractivity contribution >= 4 is 17.5 Å². The average molecular weight is 260 g/mol. The Morgan fingerprint density at radius 2 is 2.12 bits per heavy atom. The molecule has 1 aliphatic heterocycles. The topological polar surface area (TPSA) is 60.8 Å². The van der Waals surface area contributed by atoms with Gasteiger partial charge in [-0.2, -0.15) is 0 Å². The van der Waals surface area contributed by atoms with Gasteiger partial charge < -0.3 is 10.2 Å². The molecule has 1 heterocycles. The molecule has 0 radical (unpaired) electrons. The molecule has 2 rings (SSSR count). The van der Waals surface area contributed by atoms with Crippen LogP contribution in [0, 0.1) is 5.82 Å². The smallest absolute Gasteiger partial charge is 0.280 e. The molecule has 0 atom stereocenters. The molecule has 0 unspecified atom stereocenters. The van der Waals surface area contributed by atoms with Crippen molar-refractivity contribution in [3.05, 3.63) is 34.6 Å². The van der Waals surface area contributed by atoms with Crippen LogP contribution in [0.2, 0.25) is 5.02 Å². The largest absolute Gasteiger partial charge is 0.345 e. The number of halogens is 2. The van der Waals surface area contributed by atoms with E-state index in [-0.39, 0.29) is 23.6 Å². The molecule has 1 fully saturated rings. The normalized spacial score (nSPS) is 16.7. The summed E-state index contributed by atoms with van der Waals surface area (Å²) >= 11 is 5.57. The summed E-state index contributed by atoms with van der Waals surface area (Å²) in [6.45, 7) is 0.188. The van der Waals surface area contributed by atoms with Gasteiger partial charge in [-0.15, -0.1) is 0 Å². The zero-order valence-electron chi connectivity index (χ0n) is 8.86. The van der Waals surface area contributed by atoms with Crippen molar-refractivity contribution in [3.63, 3.8) is 0 Å². The van der Waals surface area contributed by atoms with Crippen LogP contribution >= 0.6 is 11.6 Å². The van der Waals surface area contributed by atoms with Crippen molar-refractivity contribution in [2.45, 2.75) is 18.8 Å². The summed E-state index contributed by atoms with van der Waals surface area (Å²) in [5, 5.41) is 20.0. The van der Waals surface area contributed by atoms with E-state index in [1.165, 1.54) is 6.07 Å². The number of amides is 1. The van der Waals surface area contributed by atoms with Crippen molar-refractivity contribution in [1.29, 1.82) is 0 Å². The lowest BCUT2D eigenvalue weighted by atomic mass is 10.1. The molecule has 1 aromatic carbocycles. The lowest BCUT2D eigenvalue weighted by Crippen LogP contribution is -2.47. The lowest BCUT2D eigenvalue weighted by molar-refractivity contribution is -0.263. The van der Waals surface area contributed by atoms with Crippen molar-refractivity contribution in [3.8, 4) is 0 Å². The van der Waals surface area contributed by atoms with Gasteiger partial charge in [0, 0.05) is 18.0 Å². The molecule has 1 saturated heterocycles. The molecule has 6 heteroatoms. The molecule has 0 bridgehead atoms. The summed E-state index contributed by atoms with van der Waals surface area (Å²) in [6.07, 6.45) is 0.759. The molecule has 0 spiro atoms.